The lowest BCUT2D eigenvalue weighted by atomic mass is 9.98. The van der Waals surface area contributed by atoms with E-state index in [1.54, 1.807) is 41.5 Å². The summed E-state index contributed by atoms with van der Waals surface area (Å²) in [6.07, 6.45) is -0.589. The van der Waals surface area contributed by atoms with E-state index < -0.39 is 87.1 Å². The molecule has 2 heterocycles. The van der Waals surface area contributed by atoms with Crippen molar-refractivity contribution >= 4 is 31.9 Å². The van der Waals surface area contributed by atoms with Crippen LogP contribution in [0.3, 0.4) is 0 Å². The summed E-state index contributed by atoms with van der Waals surface area (Å²) in [6.45, 7) is 8.76. The zero-order valence-electron chi connectivity index (χ0n) is 28.6. The number of carbonyl (C=O) groups is 3. The van der Waals surface area contributed by atoms with Crippen molar-refractivity contribution in [2.75, 3.05) is 25.9 Å². The number of hydrogen-bond acceptors (Lipinski definition) is 14. The minimum atomic E-state index is -4.60. The number of ether oxygens (including phenoxy) is 4. The molecule has 0 spiro atoms. The number of hydrogen-bond donors (Lipinski definition) is 2. The summed E-state index contributed by atoms with van der Waals surface area (Å²) in [5, 5.41) is 0. The second-order valence-electron chi connectivity index (χ2n) is 13.3. The minimum absolute atomic E-state index is 0.151. The smallest absolute Gasteiger partial charge is 0.453 e. The third-order valence-electron chi connectivity index (χ3n) is 6.89. The molecule has 2 rings (SSSR count). The Bertz CT molecular complexity index is 1250. The number of rotatable bonds is 18. The Morgan fingerprint density at radius 2 is 1.52 bits per heavy atom. The highest BCUT2D eigenvalue weighted by Gasteiger charge is 2.63. The molecule has 1 fully saturated rings. The van der Waals surface area contributed by atoms with Crippen LogP contribution in [0.25, 0.3) is 0 Å². The number of nitrogen functional groups attached to an aromatic ring is 1. The molecular formula is C30H49F2N3O12P+. The zero-order chi connectivity index (χ0) is 36.3. The first-order valence-corrected chi connectivity index (χ1v) is 17.2. The van der Waals surface area contributed by atoms with Crippen molar-refractivity contribution in [3.8, 4) is 0 Å². The normalized spacial score (nSPS) is 19.6. The Hall–Kier alpha value is -2.82. The van der Waals surface area contributed by atoms with Crippen molar-refractivity contribution < 1.29 is 60.6 Å². The molecule has 1 aliphatic heterocycles. The van der Waals surface area contributed by atoms with Crippen LogP contribution in [0, 0.1) is 10.8 Å². The van der Waals surface area contributed by atoms with Crippen molar-refractivity contribution in [3.63, 3.8) is 0 Å². The lowest BCUT2D eigenvalue weighted by molar-refractivity contribution is -0.176. The summed E-state index contributed by atoms with van der Waals surface area (Å²) in [7, 11) is -4.60. The van der Waals surface area contributed by atoms with Crippen LogP contribution in [-0.4, -0.2) is 70.7 Å². The predicted molar refractivity (Wildman–Crippen MR) is 168 cm³/mol. The number of nitrogens with zero attached hydrogens (tertiary/aromatic N) is 2. The van der Waals surface area contributed by atoms with Gasteiger partial charge in [0.2, 0.25) is 19.8 Å². The van der Waals surface area contributed by atoms with Crippen molar-refractivity contribution in [2.24, 2.45) is 10.8 Å². The lowest BCUT2D eigenvalue weighted by Crippen LogP contribution is -2.44. The van der Waals surface area contributed by atoms with Gasteiger partial charge in [0.05, 0.1) is 10.8 Å². The van der Waals surface area contributed by atoms with Crippen LogP contribution < -0.4 is 11.4 Å². The molecule has 3 N–H and O–H groups in total. The summed E-state index contributed by atoms with van der Waals surface area (Å²) >= 11 is 0. The Morgan fingerprint density at radius 1 is 0.979 bits per heavy atom. The summed E-state index contributed by atoms with van der Waals surface area (Å²) in [5.41, 5.74) is 2.46. The lowest BCUT2D eigenvalue weighted by Gasteiger charge is -2.24. The van der Waals surface area contributed by atoms with Crippen LogP contribution in [0.5, 0.6) is 0 Å². The van der Waals surface area contributed by atoms with Gasteiger partial charge in [-0.15, -0.1) is 9.05 Å². The first-order valence-electron chi connectivity index (χ1n) is 15.7. The molecule has 48 heavy (non-hydrogen) atoms. The second kappa shape index (κ2) is 17.7. The van der Waals surface area contributed by atoms with E-state index in [1.165, 1.54) is 0 Å². The van der Waals surface area contributed by atoms with Gasteiger partial charge in [0.25, 0.3) is 0 Å². The maximum Gasteiger partial charge on any atom is 0.579 e. The SMILES string of the molecule is CCCCCCCCC(=O)O[C@@H]1C(CO[P+](O)(OCOC(=O)C(C)(C)C)OCOC(=O)C(C)(C)C)OC(n2ccc(N)nc2=O)C1(F)F. The number of carbonyl (C=O) groups excluding carboxylic acids is 3. The van der Waals surface area contributed by atoms with Crippen LogP contribution >= 0.6 is 8.17 Å². The Morgan fingerprint density at radius 3 is 2.04 bits per heavy atom. The third kappa shape index (κ3) is 12.6. The molecule has 15 nitrogen and oxygen atoms in total. The third-order valence-corrected chi connectivity index (χ3v) is 8.22. The molecule has 0 bridgehead atoms. The Kier molecular flexibility index (Phi) is 15.3. The monoisotopic (exact) mass is 712 g/mol. The number of aromatic nitrogens is 2. The van der Waals surface area contributed by atoms with Gasteiger partial charge in [-0.05, 0) is 54.0 Å². The standard InChI is InChI=1S/C30H48F2N3O12P/c1-8-9-10-11-12-13-14-22(36)47-23-20(46-24(30(23,31)32)35-16-15-21(33)34-27(35)39)17-43-48(40,44-18-41-25(37)28(2,3)4)45-19-42-26(38)29(5,6)7/h15-16,20,23-24,40H,8-14,17-19H2,1-7H3,(H-,33,34,39)/p+1/t20?,23-,24?/m1/s1. The molecule has 0 aromatic carbocycles. The van der Waals surface area contributed by atoms with Crippen LogP contribution in [-0.2, 0) is 46.9 Å². The second-order valence-corrected chi connectivity index (χ2v) is 15.0. The fourth-order valence-electron chi connectivity index (χ4n) is 4.11. The Balaban J connectivity index is 2.28. The molecule has 1 aromatic rings. The van der Waals surface area contributed by atoms with Gasteiger partial charge in [-0.25, -0.2) is 4.79 Å². The highest BCUT2D eigenvalue weighted by atomic mass is 31.2. The molecule has 0 radical (unpaired) electrons. The molecule has 274 valence electrons. The van der Waals surface area contributed by atoms with E-state index in [0.717, 1.165) is 37.9 Å². The Labute approximate surface area is 279 Å². The number of alkyl halides is 2. The maximum atomic E-state index is 15.9. The molecule has 18 heteroatoms. The number of nitrogens with two attached hydrogens (primary N) is 1. The molecule has 1 saturated heterocycles. The van der Waals surface area contributed by atoms with Crippen molar-refractivity contribution in [3.05, 3.63) is 22.7 Å². The largest absolute Gasteiger partial charge is 0.579 e. The summed E-state index contributed by atoms with van der Waals surface area (Å²) in [5.74, 6) is -6.59. The van der Waals surface area contributed by atoms with Crippen LogP contribution in [0.2, 0.25) is 0 Å². The molecule has 0 aliphatic carbocycles. The van der Waals surface area contributed by atoms with Crippen molar-refractivity contribution in [1.29, 1.82) is 0 Å². The molecular weight excluding hydrogens is 663 g/mol. The predicted octanol–water partition coefficient (Wildman–Crippen LogP) is 4.83. The molecule has 1 aliphatic rings. The van der Waals surface area contributed by atoms with Crippen molar-refractivity contribution in [1.82, 2.24) is 9.55 Å². The number of esters is 3. The fraction of sp³-hybridized carbons (Fsp3) is 0.767. The van der Waals surface area contributed by atoms with Gasteiger partial charge in [-0.2, -0.15) is 23.2 Å². The summed E-state index contributed by atoms with van der Waals surface area (Å²) in [4.78, 5) is 64.1. The van der Waals surface area contributed by atoms with E-state index in [0.29, 0.717) is 17.4 Å². The summed E-state index contributed by atoms with van der Waals surface area (Å²) < 4.78 is 68.7. The number of halogens is 2. The number of anilines is 1. The van der Waals surface area contributed by atoms with E-state index in [4.69, 9.17) is 38.3 Å². The van der Waals surface area contributed by atoms with Gasteiger partial charge in [0.15, 0.2) is 6.10 Å². The van der Waals surface area contributed by atoms with Gasteiger partial charge in [-0.3, -0.25) is 19.0 Å². The topological polar surface area (TPSA) is 197 Å². The number of unbranched alkanes of at least 4 members (excludes halogenated alkanes) is 5. The van der Waals surface area contributed by atoms with E-state index >= 15 is 8.78 Å². The van der Waals surface area contributed by atoms with Gasteiger partial charge in [-0.1, -0.05) is 39.0 Å². The van der Waals surface area contributed by atoms with Crippen LogP contribution in [0.1, 0.15) is 99.6 Å². The molecule has 0 amide bonds. The average Bonchev–Trinajstić information content (AvgIpc) is 3.21. The molecule has 0 saturated carbocycles. The molecule has 3 atom stereocenters. The van der Waals surface area contributed by atoms with Gasteiger partial charge in [0, 0.05) is 12.6 Å². The quantitative estimate of drug-likeness (QED) is 0.0690. The van der Waals surface area contributed by atoms with Crippen molar-refractivity contribution in [2.45, 2.75) is 118 Å². The van der Waals surface area contributed by atoms with Crippen LogP contribution in [0.4, 0.5) is 14.6 Å². The fourth-order valence-corrected chi connectivity index (χ4v) is 5.04. The first kappa shape index (κ1) is 41.4. The maximum absolute atomic E-state index is 15.9. The van der Waals surface area contributed by atoms with E-state index in [9.17, 15) is 24.1 Å². The van der Waals surface area contributed by atoms with Gasteiger partial charge in [0.1, 0.15) is 18.5 Å². The zero-order valence-corrected chi connectivity index (χ0v) is 29.5. The average molecular weight is 713 g/mol. The molecule has 2 unspecified atom stereocenters. The summed E-state index contributed by atoms with van der Waals surface area (Å²) in [6, 6.07) is 1.11. The highest BCUT2D eigenvalue weighted by molar-refractivity contribution is 7.55. The first-order chi connectivity index (χ1) is 22.2. The van der Waals surface area contributed by atoms with E-state index in [2.05, 4.69) is 11.9 Å². The highest BCUT2D eigenvalue weighted by Crippen LogP contribution is 2.59. The van der Waals surface area contributed by atoms with E-state index in [1.807, 2.05) is 0 Å². The van der Waals surface area contributed by atoms with E-state index in [-0.39, 0.29) is 12.2 Å². The van der Waals surface area contributed by atoms with Crippen LogP contribution in [0.15, 0.2) is 17.1 Å². The minimum Gasteiger partial charge on any atom is -0.453 e. The van der Waals surface area contributed by atoms with Gasteiger partial charge >= 0.3 is 37.7 Å². The molecule has 1 aromatic heterocycles. The van der Waals surface area contributed by atoms with Gasteiger partial charge < -0.3 is 24.7 Å².